The Kier molecular flexibility index (Phi) is 5.50. The zero-order valence-electron chi connectivity index (χ0n) is 16.4. The summed E-state index contributed by atoms with van der Waals surface area (Å²) in [5, 5.41) is 40.4. The summed E-state index contributed by atoms with van der Waals surface area (Å²) in [6.45, 7) is 3.55. The minimum atomic E-state index is -1.45. The van der Waals surface area contributed by atoms with Gasteiger partial charge in [0.1, 0.15) is 30.5 Å². The van der Waals surface area contributed by atoms with Gasteiger partial charge in [0.05, 0.1) is 6.61 Å². The molecule has 2 aliphatic heterocycles. The number of aryl methyl sites for hydroxylation is 1. The highest BCUT2D eigenvalue weighted by molar-refractivity contribution is 5.58. The van der Waals surface area contributed by atoms with Crippen LogP contribution < -0.4 is 9.47 Å². The van der Waals surface area contributed by atoms with E-state index in [1.54, 1.807) is 0 Å². The van der Waals surface area contributed by atoms with E-state index in [9.17, 15) is 20.4 Å². The predicted molar refractivity (Wildman–Crippen MR) is 104 cm³/mol. The van der Waals surface area contributed by atoms with Gasteiger partial charge in [0.15, 0.2) is 11.5 Å². The molecular formula is C22H26O7. The molecular weight excluding hydrogens is 376 g/mol. The van der Waals surface area contributed by atoms with E-state index >= 15 is 0 Å². The summed E-state index contributed by atoms with van der Waals surface area (Å²) in [4.78, 5) is 0. The number of rotatable bonds is 4. The summed E-state index contributed by atoms with van der Waals surface area (Å²) in [6, 6.07) is 10.1. The first-order valence-electron chi connectivity index (χ1n) is 9.68. The topological polar surface area (TPSA) is 109 Å². The minimum absolute atomic E-state index is 0.0502. The van der Waals surface area contributed by atoms with E-state index in [-0.39, 0.29) is 6.79 Å². The van der Waals surface area contributed by atoms with Crippen LogP contribution in [0.5, 0.6) is 11.5 Å². The van der Waals surface area contributed by atoms with Gasteiger partial charge in [-0.05, 0) is 43.0 Å². The third-order valence-electron chi connectivity index (χ3n) is 5.74. The van der Waals surface area contributed by atoms with Crippen LogP contribution in [-0.2, 0) is 11.2 Å². The molecule has 4 rings (SSSR count). The van der Waals surface area contributed by atoms with Crippen molar-refractivity contribution in [3.63, 3.8) is 0 Å². The number of aliphatic hydroxyl groups excluding tert-OH is 4. The highest BCUT2D eigenvalue weighted by Gasteiger charge is 2.45. The molecule has 1 saturated heterocycles. The fourth-order valence-corrected chi connectivity index (χ4v) is 3.96. The van der Waals surface area contributed by atoms with Gasteiger partial charge in [-0.2, -0.15) is 0 Å². The lowest BCUT2D eigenvalue weighted by atomic mass is 9.88. The Morgan fingerprint density at radius 2 is 1.62 bits per heavy atom. The SMILES string of the molecule is Cc1ccc(Cc2cc(C3OC(CO)C(O)C(O)C3O)c3c(c2C)OCO3)cc1. The molecule has 5 unspecified atom stereocenters. The highest BCUT2D eigenvalue weighted by atomic mass is 16.7. The van der Waals surface area contributed by atoms with E-state index < -0.39 is 37.1 Å². The Labute approximate surface area is 169 Å². The van der Waals surface area contributed by atoms with Crippen molar-refractivity contribution in [2.45, 2.75) is 50.8 Å². The van der Waals surface area contributed by atoms with E-state index in [0.717, 1.165) is 16.7 Å². The van der Waals surface area contributed by atoms with Crippen molar-refractivity contribution in [3.05, 3.63) is 58.1 Å². The van der Waals surface area contributed by atoms with Gasteiger partial charge in [-0.3, -0.25) is 0 Å². The van der Waals surface area contributed by atoms with Crippen LogP contribution in [0.3, 0.4) is 0 Å². The Hall–Kier alpha value is -2.16. The van der Waals surface area contributed by atoms with Crippen molar-refractivity contribution in [1.82, 2.24) is 0 Å². The maximum Gasteiger partial charge on any atom is 0.231 e. The molecule has 156 valence electrons. The van der Waals surface area contributed by atoms with E-state index in [1.807, 2.05) is 19.9 Å². The smallest absolute Gasteiger partial charge is 0.231 e. The number of hydrogen-bond acceptors (Lipinski definition) is 7. The molecule has 7 heteroatoms. The average Bonchev–Trinajstić information content (AvgIpc) is 3.21. The number of benzene rings is 2. The van der Waals surface area contributed by atoms with Gasteiger partial charge in [-0.25, -0.2) is 0 Å². The maximum absolute atomic E-state index is 10.6. The van der Waals surface area contributed by atoms with Crippen molar-refractivity contribution < 1.29 is 34.6 Å². The van der Waals surface area contributed by atoms with Crippen molar-refractivity contribution in [2.75, 3.05) is 13.4 Å². The van der Waals surface area contributed by atoms with Crippen LogP contribution in [0.15, 0.2) is 30.3 Å². The molecule has 29 heavy (non-hydrogen) atoms. The van der Waals surface area contributed by atoms with Crippen LogP contribution >= 0.6 is 0 Å². The number of fused-ring (bicyclic) bond motifs is 1. The molecule has 0 spiro atoms. The normalized spacial score (nSPS) is 28.6. The molecule has 0 aromatic heterocycles. The Balaban J connectivity index is 1.75. The third kappa shape index (κ3) is 3.60. The van der Waals surface area contributed by atoms with Gasteiger partial charge in [-0.15, -0.1) is 0 Å². The zero-order valence-corrected chi connectivity index (χ0v) is 16.4. The summed E-state index contributed by atoms with van der Waals surface area (Å²) in [6.07, 6.45) is -5.56. The lowest BCUT2D eigenvalue weighted by Gasteiger charge is -2.40. The fraction of sp³-hybridized carbons (Fsp3) is 0.455. The summed E-state index contributed by atoms with van der Waals surface area (Å²) in [5.74, 6) is 1.04. The van der Waals surface area contributed by atoms with E-state index in [1.165, 1.54) is 5.56 Å². The second kappa shape index (κ2) is 7.93. The van der Waals surface area contributed by atoms with Gasteiger partial charge in [0, 0.05) is 5.56 Å². The van der Waals surface area contributed by atoms with Crippen LogP contribution in [0.2, 0.25) is 0 Å². The van der Waals surface area contributed by atoms with Crippen molar-refractivity contribution >= 4 is 0 Å². The predicted octanol–water partition coefficient (Wildman–Crippen LogP) is 1.14. The van der Waals surface area contributed by atoms with Crippen molar-refractivity contribution in [2.24, 2.45) is 0 Å². The standard InChI is InChI=1S/C22H26O7/c1-11-3-5-13(6-4-11)7-14-8-15(22-20(12(14)2)27-10-28-22)21-19(26)18(25)17(24)16(9-23)29-21/h3-6,8,16-19,21,23-26H,7,9-10H2,1-2H3. The van der Waals surface area contributed by atoms with Gasteiger partial charge < -0.3 is 34.6 Å². The largest absolute Gasteiger partial charge is 0.453 e. The van der Waals surface area contributed by atoms with Crippen molar-refractivity contribution in [3.8, 4) is 11.5 Å². The highest BCUT2D eigenvalue weighted by Crippen LogP contribution is 2.46. The van der Waals surface area contributed by atoms with Gasteiger partial charge >= 0.3 is 0 Å². The zero-order chi connectivity index (χ0) is 20.7. The molecule has 0 amide bonds. The molecule has 1 fully saturated rings. The van der Waals surface area contributed by atoms with Crippen LogP contribution in [0.1, 0.15) is 33.9 Å². The number of ether oxygens (including phenoxy) is 3. The van der Waals surface area contributed by atoms with E-state index in [2.05, 4.69) is 24.3 Å². The average molecular weight is 402 g/mol. The van der Waals surface area contributed by atoms with Crippen LogP contribution in [-0.4, -0.2) is 58.2 Å². The monoisotopic (exact) mass is 402 g/mol. The molecule has 0 bridgehead atoms. The Morgan fingerprint density at radius 3 is 2.31 bits per heavy atom. The molecule has 4 N–H and O–H groups in total. The first kappa shape index (κ1) is 20.1. The van der Waals surface area contributed by atoms with Crippen LogP contribution in [0, 0.1) is 13.8 Å². The lowest BCUT2D eigenvalue weighted by molar-refractivity contribution is -0.232. The molecule has 5 atom stereocenters. The van der Waals surface area contributed by atoms with Gasteiger partial charge in [0.2, 0.25) is 6.79 Å². The summed E-state index contributed by atoms with van der Waals surface area (Å²) in [7, 11) is 0. The molecule has 0 saturated carbocycles. The molecule has 2 aromatic rings. The maximum atomic E-state index is 10.6. The van der Waals surface area contributed by atoms with E-state index in [4.69, 9.17) is 14.2 Å². The summed E-state index contributed by atoms with van der Waals surface area (Å²) < 4.78 is 17.1. The molecule has 0 radical (unpaired) electrons. The van der Waals surface area contributed by atoms with Gasteiger partial charge in [-0.1, -0.05) is 29.8 Å². The quantitative estimate of drug-likeness (QED) is 0.607. The van der Waals surface area contributed by atoms with Crippen LogP contribution in [0.4, 0.5) is 0 Å². The second-order valence-electron chi connectivity index (χ2n) is 7.73. The molecule has 7 nitrogen and oxygen atoms in total. The molecule has 0 aliphatic carbocycles. The molecule has 2 heterocycles. The van der Waals surface area contributed by atoms with Crippen LogP contribution in [0.25, 0.3) is 0 Å². The Morgan fingerprint density at radius 1 is 0.931 bits per heavy atom. The number of aliphatic hydroxyl groups is 4. The first-order chi connectivity index (χ1) is 13.9. The lowest BCUT2D eigenvalue weighted by Crippen LogP contribution is -2.55. The molecule has 2 aromatic carbocycles. The Bertz CT molecular complexity index is 878. The summed E-state index contributed by atoms with van der Waals surface area (Å²) >= 11 is 0. The third-order valence-corrected chi connectivity index (χ3v) is 5.74. The molecule has 2 aliphatic rings. The van der Waals surface area contributed by atoms with Crippen molar-refractivity contribution in [1.29, 1.82) is 0 Å². The first-order valence-corrected chi connectivity index (χ1v) is 9.68. The second-order valence-corrected chi connectivity index (χ2v) is 7.73. The van der Waals surface area contributed by atoms with Gasteiger partial charge in [0.25, 0.3) is 0 Å². The number of hydrogen-bond donors (Lipinski definition) is 4. The summed E-state index contributed by atoms with van der Waals surface area (Å²) in [5.41, 5.74) is 4.74. The minimum Gasteiger partial charge on any atom is -0.453 e. The van der Waals surface area contributed by atoms with E-state index in [0.29, 0.717) is 23.5 Å². The fourth-order valence-electron chi connectivity index (χ4n) is 3.96.